The summed E-state index contributed by atoms with van der Waals surface area (Å²) in [5, 5.41) is 0. The molecule has 0 atom stereocenters. The zero-order valence-corrected chi connectivity index (χ0v) is 33.0. The van der Waals surface area contributed by atoms with E-state index in [2.05, 4.69) is 146 Å². The van der Waals surface area contributed by atoms with Gasteiger partial charge in [0.15, 0.2) is 0 Å². The predicted octanol–water partition coefficient (Wildman–Crippen LogP) is 14.4. The summed E-state index contributed by atoms with van der Waals surface area (Å²) in [4.78, 5) is 2.75. The first-order chi connectivity index (χ1) is 27.5. The molecule has 0 aliphatic heterocycles. The van der Waals surface area contributed by atoms with Gasteiger partial charge in [-0.15, -0.1) is 0 Å². The third-order valence-electron chi connectivity index (χ3n) is 16.8. The van der Waals surface area contributed by atoms with E-state index in [1.807, 2.05) is 0 Å². The lowest BCUT2D eigenvalue weighted by Crippen LogP contribution is -2.55. The van der Waals surface area contributed by atoms with E-state index < -0.39 is 0 Å². The molecule has 0 saturated heterocycles. The van der Waals surface area contributed by atoms with Crippen LogP contribution in [0, 0.1) is 23.7 Å². The van der Waals surface area contributed by atoms with E-state index in [9.17, 15) is 0 Å². The Balaban J connectivity index is 1.08. The normalized spacial score (nSPS) is 27.1. The maximum absolute atomic E-state index is 2.75. The summed E-state index contributed by atoms with van der Waals surface area (Å²) in [6.07, 6.45) is 13.5. The summed E-state index contributed by atoms with van der Waals surface area (Å²) in [5.74, 6) is 3.23. The van der Waals surface area contributed by atoms with Crippen molar-refractivity contribution < 1.29 is 0 Å². The lowest BCUT2D eigenvalue weighted by Gasteiger charge is -2.61. The Labute approximate surface area is 332 Å². The third-order valence-corrected chi connectivity index (χ3v) is 16.8. The molecule has 2 spiro atoms. The molecule has 56 heavy (non-hydrogen) atoms. The van der Waals surface area contributed by atoms with Crippen LogP contribution < -0.4 is 4.90 Å². The van der Waals surface area contributed by atoms with Crippen LogP contribution in [0.1, 0.15) is 111 Å². The van der Waals surface area contributed by atoms with Crippen LogP contribution in [-0.4, -0.2) is 0 Å². The van der Waals surface area contributed by atoms with Gasteiger partial charge in [0.05, 0.1) is 5.69 Å². The Hall–Kier alpha value is -4.88. The van der Waals surface area contributed by atoms with Gasteiger partial charge in [0.25, 0.3) is 0 Å². The van der Waals surface area contributed by atoms with E-state index in [4.69, 9.17) is 0 Å². The molecule has 5 saturated carbocycles. The largest absolute Gasteiger partial charge is 0.310 e. The highest BCUT2D eigenvalue weighted by Gasteiger charge is 2.62. The molecule has 0 N–H and O–H groups in total. The molecular formula is C55H51N. The van der Waals surface area contributed by atoms with E-state index >= 15 is 0 Å². The number of nitrogens with zero attached hydrogens (tertiary/aromatic N) is 1. The molecule has 5 fully saturated rings. The second-order valence-electron chi connectivity index (χ2n) is 19.6. The van der Waals surface area contributed by atoms with Crippen molar-refractivity contribution in [2.24, 2.45) is 23.7 Å². The van der Waals surface area contributed by atoms with E-state index in [0.29, 0.717) is 11.8 Å². The molecule has 14 rings (SSSR count). The van der Waals surface area contributed by atoms with Crippen molar-refractivity contribution in [1.82, 2.24) is 0 Å². The Kier molecular flexibility index (Phi) is 6.42. The van der Waals surface area contributed by atoms with Gasteiger partial charge in [0.2, 0.25) is 0 Å². The number of anilines is 3. The fourth-order valence-corrected chi connectivity index (χ4v) is 14.9. The first-order valence-corrected chi connectivity index (χ1v) is 22.0. The van der Waals surface area contributed by atoms with Crippen molar-refractivity contribution in [2.75, 3.05) is 4.90 Å². The van der Waals surface area contributed by atoms with Crippen LogP contribution in [0.2, 0.25) is 0 Å². The highest BCUT2D eigenvalue weighted by Crippen LogP contribution is 2.71. The van der Waals surface area contributed by atoms with Gasteiger partial charge in [-0.1, -0.05) is 130 Å². The highest BCUT2D eigenvalue weighted by molar-refractivity contribution is 5.94. The molecule has 8 aliphatic rings. The minimum Gasteiger partial charge on any atom is -0.310 e. The topological polar surface area (TPSA) is 3.24 Å². The molecule has 6 aromatic carbocycles. The van der Waals surface area contributed by atoms with Crippen LogP contribution in [0.3, 0.4) is 0 Å². The molecule has 1 heteroatoms. The summed E-state index contributed by atoms with van der Waals surface area (Å²) in [6, 6.07) is 50.7. The first-order valence-electron chi connectivity index (χ1n) is 22.0. The van der Waals surface area contributed by atoms with Gasteiger partial charge < -0.3 is 4.90 Å². The van der Waals surface area contributed by atoms with E-state index in [1.165, 1.54) is 126 Å². The van der Waals surface area contributed by atoms with E-state index in [-0.39, 0.29) is 16.2 Å². The quantitative estimate of drug-likeness (QED) is 0.176. The second-order valence-corrected chi connectivity index (χ2v) is 19.6. The van der Waals surface area contributed by atoms with E-state index in [0.717, 1.165) is 11.8 Å². The van der Waals surface area contributed by atoms with Gasteiger partial charge in [0, 0.05) is 27.6 Å². The zero-order valence-electron chi connectivity index (χ0n) is 33.0. The maximum Gasteiger partial charge on any atom is 0.0509 e. The van der Waals surface area contributed by atoms with Crippen LogP contribution in [0.5, 0.6) is 0 Å². The molecule has 276 valence electrons. The van der Waals surface area contributed by atoms with Crippen molar-refractivity contribution in [3.05, 3.63) is 161 Å². The van der Waals surface area contributed by atoms with Gasteiger partial charge in [-0.05, 0) is 166 Å². The standard InChI is InChI=1S/C55H51N/c1-53(2)46-17-7-4-13-40(46)43-23-21-38(32-49(43)53)56(39-22-24-44-41-14-5-8-18-47(41)54(50(44)33-39)25-10-3-11-26-54)51-20-12-16-45-42-15-6-9-19-48(42)55(52(45)51)36-28-34-27-35(30-36)31-37(55)29-34/h4-9,12-24,32-37H,3,10-11,25-31H2,1-2H3. The summed E-state index contributed by atoms with van der Waals surface area (Å²) in [7, 11) is 0. The molecular weight excluding hydrogens is 675 g/mol. The summed E-state index contributed by atoms with van der Waals surface area (Å²) in [5.41, 5.74) is 22.1. The Bertz CT molecular complexity index is 2600. The predicted molar refractivity (Wildman–Crippen MR) is 231 cm³/mol. The fraction of sp³-hybridized carbons (Fsp3) is 0.345. The highest BCUT2D eigenvalue weighted by atomic mass is 15.1. The lowest BCUT2D eigenvalue weighted by atomic mass is 9.43. The van der Waals surface area contributed by atoms with Gasteiger partial charge in [-0.2, -0.15) is 0 Å². The maximum atomic E-state index is 2.75. The van der Waals surface area contributed by atoms with Gasteiger partial charge in [-0.25, -0.2) is 0 Å². The molecule has 0 radical (unpaired) electrons. The first kappa shape index (κ1) is 32.2. The Morgan fingerprint density at radius 1 is 0.446 bits per heavy atom. The zero-order chi connectivity index (χ0) is 37.0. The van der Waals surface area contributed by atoms with Crippen LogP contribution in [0.25, 0.3) is 33.4 Å². The summed E-state index contributed by atoms with van der Waals surface area (Å²) in [6.45, 7) is 4.87. The molecule has 6 aromatic rings. The monoisotopic (exact) mass is 725 g/mol. The minimum absolute atomic E-state index is 0.0674. The average molecular weight is 726 g/mol. The summed E-state index contributed by atoms with van der Waals surface area (Å²) >= 11 is 0. The average Bonchev–Trinajstić information content (AvgIpc) is 3.77. The molecule has 0 amide bonds. The van der Waals surface area contributed by atoms with Crippen molar-refractivity contribution >= 4 is 17.1 Å². The molecule has 0 unspecified atom stereocenters. The van der Waals surface area contributed by atoms with Crippen molar-refractivity contribution in [3.8, 4) is 33.4 Å². The Morgan fingerprint density at radius 3 is 1.64 bits per heavy atom. The molecule has 0 heterocycles. The molecule has 0 aromatic heterocycles. The van der Waals surface area contributed by atoms with Crippen molar-refractivity contribution in [1.29, 1.82) is 0 Å². The van der Waals surface area contributed by atoms with Crippen LogP contribution >= 0.6 is 0 Å². The van der Waals surface area contributed by atoms with Crippen molar-refractivity contribution in [2.45, 2.75) is 94.3 Å². The number of hydrogen-bond acceptors (Lipinski definition) is 1. The smallest absolute Gasteiger partial charge is 0.0509 e. The molecule has 4 bridgehead atoms. The number of benzene rings is 6. The third kappa shape index (κ3) is 3.93. The van der Waals surface area contributed by atoms with Crippen molar-refractivity contribution in [3.63, 3.8) is 0 Å². The number of hydrogen-bond donors (Lipinski definition) is 0. The number of fused-ring (bicyclic) bond motifs is 11. The van der Waals surface area contributed by atoms with E-state index in [1.54, 1.807) is 22.3 Å². The SMILES string of the molecule is CC1(C)c2ccccc2-c2ccc(N(c3ccc4c(c3)C3(CCCCC3)c3ccccc3-4)c3cccc4c3C3(c5ccccc5-4)C4CC5CC(C4)CC3C5)cc21. The van der Waals surface area contributed by atoms with Gasteiger partial charge in [-0.3, -0.25) is 0 Å². The van der Waals surface area contributed by atoms with Gasteiger partial charge >= 0.3 is 0 Å². The molecule has 1 nitrogen and oxygen atoms in total. The van der Waals surface area contributed by atoms with Crippen LogP contribution in [-0.2, 0) is 16.2 Å². The Morgan fingerprint density at radius 2 is 0.964 bits per heavy atom. The van der Waals surface area contributed by atoms with Crippen LogP contribution in [0.4, 0.5) is 17.1 Å². The molecule has 8 aliphatic carbocycles. The lowest BCUT2D eigenvalue weighted by molar-refractivity contribution is -0.0397. The van der Waals surface area contributed by atoms with Gasteiger partial charge in [0.1, 0.15) is 0 Å². The fourth-order valence-electron chi connectivity index (χ4n) is 14.9. The summed E-state index contributed by atoms with van der Waals surface area (Å²) < 4.78 is 0. The number of rotatable bonds is 3. The van der Waals surface area contributed by atoms with Crippen LogP contribution in [0.15, 0.2) is 127 Å². The minimum atomic E-state index is -0.0726. The second kappa shape index (κ2) is 11.2.